The molecule has 0 unspecified atom stereocenters. The van der Waals surface area contributed by atoms with Crippen molar-refractivity contribution in [2.24, 2.45) is 5.41 Å². The van der Waals surface area contributed by atoms with Crippen molar-refractivity contribution >= 4 is 5.95 Å². The number of fused-ring (bicyclic) bond motifs is 1. The Morgan fingerprint density at radius 3 is 2.88 bits per heavy atom. The van der Waals surface area contributed by atoms with Crippen molar-refractivity contribution in [2.75, 3.05) is 31.2 Å². The van der Waals surface area contributed by atoms with E-state index in [1.54, 1.807) is 18.6 Å². The largest absolute Gasteiger partial charge is 0.477 e. The van der Waals surface area contributed by atoms with Gasteiger partial charge in [0.2, 0.25) is 11.8 Å². The Balaban J connectivity index is 1.53. The Hall–Kier alpha value is -2.21. The fourth-order valence-corrected chi connectivity index (χ4v) is 3.78. The molecule has 24 heavy (non-hydrogen) atoms. The summed E-state index contributed by atoms with van der Waals surface area (Å²) in [6.45, 7) is 3.23. The number of ether oxygens (including phenoxy) is 2. The zero-order chi connectivity index (χ0) is 16.2. The maximum Gasteiger partial charge on any atom is 0.225 e. The van der Waals surface area contributed by atoms with Gasteiger partial charge in [0.05, 0.1) is 12.7 Å². The van der Waals surface area contributed by atoms with E-state index in [9.17, 15) is 0 Å². The van der Waals surface area contributed by atoms with E-state index in [0.717, 1.165) is 44.9 Å². The normalized spacial score (nSPS) is 26.7. The molecule has 0 spiro atoms. The van der Waals surface area contributed by atoms with Crippen molar-refractivity contribution < 1.29 is 9.47 Å². The first kappa shape index (κ1) is 15.3. The van der Waals surface area contributed by atoms with Gasteiger partial charge in [-0.15, -0.1) is 0 Å². The molecule has 0 radical (unpaired) electrons. The minimum atomic E-state index is -0.0345. The first-order valence-electron chi connectivity index (χ1n) is 8.53. The predicted molar refractivity (Wildman–Crippen MR) is 90.0 cm³/mol. The third-order valence-electron chi connectivity index (χ3n) is 4.97. The highest BCUT2D eigenvalue weighted by Crippen LogP contribution is 2.41. The Kier molecular flexibility index (Phi) is 4.30. The van der Waals surface area contributed by atoms with Crippen molar-refractivity contribution in [2.45, 2.75) is 25.4 Å². The van der Waals surface area contributed by atoms with Crippen LogP contribution in [0.2, 0.25) is 0 Å². The summed E-state index contributed by atoms with van der Waals surface area (Å²) >= 11 is 0. The molecule has 0 bridgehead atoms. The number of nitrogens with zero attached hydrogens (tertiary/aromatic N) is 4. The Morgan fingerprint density at radius 2 is 2.04 bits per heavy atom. The molecule has 4 heterocycles. The van der Waals surface area contributed by atoms with Gasteiger partial charge in [0, 0.05) is 49.8 Å². The van der Waals surface area contributed by atoms with Crippen LogP contribution in [0.1, 0.15) is 19.3 Å². The highest BCUT2D eigenvalue weighted by Gasteiger charge is 2.47. The highest BCUT2D eigenvalue weighted by molar-refractivity contribution is 5.31. The second-order valence-electron chi connectivity index (χ2n) is 6.54. The van der Waals surface area contributed by atoms with E-state index in [2.05, 4.69) is 19.9 Å². The molecular weight excluding hydrogens is 304 g/mol. The smallest absolute Gasteiger partial charge is 0.225 e. The fraction of sp³-hybridized carbons (Fsp3) is 0.500. The van der Waals surface area contributed by atoms with Crippen LogP contribution in [0.15, 0.2) is 42.9 Å². The number of hydrogen-bond acceptors (Lipinski definition) is 6. The second-order valence-corrected chi connectivity index (χ2v) is 6.54. The van der Waals surface area contributed by atoms with Crippen molar-refractivity contribution in [1.82, 2.24) is 15.0 Å². The first-order valence-corrected chi connectivity index (χ1v) is 8.53. The molecule has 6 nitrogen and oxygen atoms in total. The number of anilines is 1. The molecule has 2 atom stereocenters. The van der Waals surface area contributed by atoms with Crippen molar-refractivity contribution in [3.63, 3.8) is 0 Å². The van der Waals surface area contributed by atoms with Gasteiger partial charge in [0.1, 0.15) is 0 Å². The third-order valence-corrected chi connectivity index (χ3v) is 4.97. The lowest BCUT2D eigenvalue weighted by atomic mass is 9.73. The molecule has 2 aliphatic rings. The maximum atomic E-state index is 6.09. The van der Waals surface area contributed by atoms with Crippen molar-refractivity contribution in [3.05, 3.63) is 42.9 Å². The summed E-state index contributed by atoms with van der Waals surface area (Å²) < 4.78 is 12.1. The zero-order valence-corrected chi connectivity index (χ0v) is 13.7. The lowest BCUT2D eigenvalue weighted by Gasteiger charge is -2.50. The van der Waals surface area contributed by atoms with Crippen LogP contribution in [0.5, 0.6) is 5.88 Å². The molecule has 2 aromatic rings. The molecule has 6 heteroatoms. The summed E-state index contributed by atoms with van der Waals surface area (Å²) in [5.41, 5.74) is -0.0345. The van der Waals surface area contributed by atoms with Gasteiger partial charge in [-0.3, -0.25) is 0 Å². The quantitative estimate of drug-likeness (QED) is 0.859. The molecule has 4 rings (SSSR count). The maximum absolute atomic E-state index is 6.09. The van der Waals surface area contributed by atoms with E-state index in [1.165, 1.54) is 0 Å². The SMILES string of the molecule is c1ccc(OC[C@@]23CCCO[C@H]2CCN(c2ncccn2)C3)nc1. The minimum absolute atomic E-state index is 0.0345. The van der Waals surface area contributed by atoms with E-state index < -0.39 is 0 Å². The summed E-state index contributed by atoms with van der Waals surface area (Å²) in [5, 5.41) is 0. The van der Waals surface area contributed by atoms with Crippen LogP contribution in [0.25, 0.3) is 0 Å². The van der Waals surface area contributed by atoms with Crippen LogP contribution in [0, 0.1) is 5.41 Å². The Morgan fingerprint density at radius 1 is 1.17 bits per heavy atom. The minimum Gasteiger partial charge on any atom is -0.477 e. The number of aromatic nitrogens is 3. The molecule has 2 fully saturated rings. The summed E-state index contributed by atoms with van der Waals surface area (Å²) in [7, 11) is 0. The van der Waals surface area contributed by atoms with Crippen LogP contribution >= 0.6 is 0 Å². The van der Waals surface area contributed by atoms with E-state index in [0.29, 0.717) is 12.5 Å². The van der Waals surface area contributed by atoms with E-state index >= 15 is 0 Å². The van der Waals surface area contributed by atoms with Gasteiger partial charge in [0.15, 0.2) is 0 Å². The summed E-state index contributed by atoms with van der Waals surface area (Å²) in [4.78, 5) is 15.4. The highest BCUT2D eigenvalue weighted by atomic mass is 16.5. The Bertz CT molecular complexity index is 655. The average Bonchev–Trinajstić information content (AvgIpc) is 2.67. The average molecular weight is 326 g/mol. The third kappa shape index (κ3) is 3.06. The molecule has 126 valence electrons. The van der Waals surface area contributed by atoms with Gasteiger partial charge in [-0.1, -0.05) is 6.07 Å². The fourth-order valence-electron chi connectivity index (χ4n) is 3.78. The van der Waals surface area contributed by atoms with E-state index in [-0.39, 0.29) is 11.5 Å². The van der Waals surface area contributed by atoms with Gasteiger partial charge in [0.25, 0.3) is 0 Å². The molecule has 0 N–H and O–H groups in total. The molecule has 2 aromatic heterocycles. The van der Waals surface area contributed by atoms with Gasteiger partial charge in [-0.05, 0) is 31.4 Å². The second kappa shape index (κ2) is 6.73. The van der Waals surface area contributed by atoms with E-state index in [1.807, 2.05) is 24.3 Å². The standard InChI is InChI=1S/C18H22N4O2/c1-2-8-19-16(5-1)24-14-18-7-3-12-23-15(18)6-11-22(13-18)17-20-9-4-10-21-17/h1-2,4-5,8-10,15H,3,6-7,11-14H2/t15-,18-/m0/s1. The summed E-state index contributed by atoms with van der Waals surface area (Å²) in [5.74, 6) is 1.46. The molecule has 0 aliphatic carbocycles. The molecule has 0 amide bonds. The molecular formula is C18H22N4O2. The molecule has 2 aliphatic heterocycles. The number of hydrogen-bond donors (Lipinski definition) is 0. The van der Waals surface area contributed by atoms with Gasteiger partial charge in [-0.2, -0.15) is 0 Å². The van der Waals surface area contributed by atoms with Crippen LogP contribution in [-0.2, 0) is 4.74 Å². The lowest BCUT2D eigenvalue weighted by molar-refractivity contribution is -0.110. The van der Waals surface area contributed by atoms with Crippen LogP contribution < -0.4 is 9.64 Å². The Labute approximate surface area is 141 Å². The first-order chi connectivity index (χ1) is 11.9. The van der Waals surface area contributed by atoms with Crippen LogP contribution in [0.4, 0.5) is 5.95 Å². The predicted octanol–water partition coefficient (Wildman–Crippen LogP) is 2.33. The van der Waals surface area contributed by atoms with Gasteiger partial charge < -0.3 is 14.4 Å². The van der Waals surface area contributed by atoms with Gasteiger partial charge >= 0.3 is 0 Å². The molecule has 0 aromatic carbocycles. The molecule has 2 saturated heterocycles. The van der Waals surface area contributed by atoms with E-state index in [4.69, 9.17) is 9.47 Å². The topological polar surface area (TPSA) is 60.4 Å². The monoisotopic (exact) mass is 326 g/mol. The number of rotatable bonds is 4. The summed E-state index contributed by atoms with van der Waals surface area (Å²) in [6.07, 6.45) is 8.71. The van der Waals surface area contributed by atoms with Crippen molar-refractivity contribution in [3.8, 4) is 5.88 Å². The van der Waals surface area contributed by atoms with Gasteiger partial charge in [-0.25, -0.2) is 15.0 Å². The number of pyridine rings is 1. The van der Waals surface area contributed by atoms with Crippen LogP contribution in [-0.4, -0.2) is 47.4 Å². The van der Waals surface area contributed by atoms with Crippen molar-refractivity contribution in [1.29, 1.82) is 0 Å². The van der Waals surface area contributed by atoms with Crippen LogP contribution in [0.3, 0.4) is 0 Å². The summed E-state index contributed by atoms with van der Waals surface area (Å²) in [6, 6.07) is 7.59. The zero-order valence-electron chi connectivity index (χ0n) is 13.7. The molecule has 0 saturated carbocycles. The number of piperidine rings is 1. The lowest BCUT2D eigenvalue weighted by Crippen LogP contribution is -2.57.